The molecule has 0 aliphatic heterocycles. The molecule has 0 spiro atoms. The maximum atomic E-state index is 5.00. The number of hydrogen-bond donors (Lipinski definition) is 1. The highest BCUT2D eigenvalue weighted by Crippen LogP contribution is 1.91. The van der Waals surface area contributed by atoms with Crippen LogP contribution < -0.4 is 5.32 Å². The first-order valence-corrected chi connectivity index (χ1v) is 4.11. The maximum Gasteiger partial charge on any atom is 0.0499 e. The summed E-state index contributed by atoms with van der Waals surface area (Å²) in [5, 5.41) is 3.32. The molecule has 0 saturated heterocycles. The fourth-order valence-electron chi connectivity index (χ4n) is 0.896. The largest absolute Gasteiger partial charge is 0.384 e. The number of hydrogen-bond acceptors (Lipinski definition) is 2. The molecule has 0 amide bonds. The predicted molar refractivity (Wildman–Crippen MR) is 48.7 cm³/mol. The number of rotatable bonds is 7. The molecule has 1 N–H and O–H groups in total. The van der Waals surface area contributed by atoms with Crippen LogP contribution in [0.3, 0.4) is 0 Å². The second-order valence-electron chi connectivity index (χ2n) is 2.84. The van der Waals surface area contributed by atoms with Crippen molar-refractivity contribution in [1.29, 1.82) is 0 Å². The highest BCUT2D eigenvalue weighted by Gasteiger charge is 1.98. The molecule has 0 heterocycles. The Labute approximate surface area is 69.6 Å². The van der Waals surface area contributed by atoms with Crippen LogP contribution in [0.2, 0.25) is 0 Å². The van der Waals surface area contributed by atoms with Gasteiger partial charge < -0.3 is 10.1 Å². The summed E-state index contributed by atoms with van der Waals surface area (Å²) in [6, 6.07) is 0. The van der Waals surface area contributed by atoms with Crippen LogP contribution in [-0.2, 0) is 4.74 Å². The Morgan fingerprint density at radius 1 is 1.64 bits per heavy atom. The van der Waals surface area contributed by atoms with Gasteiger partial charge in [0.05, 0.1) is 0 Å². The van der Waals surface area contributed by atoms with Crippen molar-refractivity contribution in [1.82, 2.24) is 5.32 Å². The second kappa shape index (κ2) is 7.76. The lowest BCUT2D eigenvalue weighted by Gasteiger charge is -2.10. The lowest BCUT2D eigenvalue weighted by molar-refractivity contribution is 0.159. The fraction of sp³-hybridized carbons (Fsp3) is 0.778. The molecule has 0 aromatic carbocycles. The van der Waals surface area contributed by atoms with Crippen LogP contribution in [0.4, 0.5) is 0 Å². The van der Waals surface area contributed by atoms with Crippen LogP contribution in [0.1, 0.15) is 13.3 Å². The van der Waals surface area contributed by atoms with E-state index in [-0.39, 0.29) is 0 Å². The van der Waals surface area contributed by atoms with Gasteiger partial charge in [0, 0.05) is 13.7 Å². The van der Waals surface area contributed by atoms with E-state index in [4.69, 9.17) is 4.74 Å². The predicted octanol–water partition coefficient (Wildman–Crippen LogP) is 1.43. The summed E-state index contributed by atoms with van der Waals surface area (Å²) in [6.07, 6.45) is 2.97. The van der Waals surface area contributed by atoms with Gasteiger partial charge in [0.2, 0.25) is 0 Å². The summed E-state index contributed by atoms with van der Waals surface area (Å²) in [5.41, 5.74) is 0. The SMILES string of the molecule is C=CCCNCC(C)COC. The van der Waals surface area contributed by atoms with Gasteiger partial charge in [-0.15, -0.1) is 6.58 Å². The van der Waals surface area contributed by atoms with Gasteiger partial charge in [-0.3, -0.25) is 0 Å². The second-order valence-corrected chi connectivity index (χ2v) is 2.84. The quantitative estimate of drug-likeness (QED) is 0.446. The van der Waals surface area contributed by atoms with Gasteiger partial charge in [-0.25, -0.2) is 0 Å². The Hall–Kier alpha value is -0.340. The van der Waals surface area contributed by atoms with Crippen LogP contribution in [-0.4, -0.2) is 26.8 Å². The molecule has 0 bridgehead atoms. The van der Waals surface area contributed by atoms with Crippen LogP contribution in [0.15, 0.2) is 12.7 Å². The first-order valence-electron chi connectivity index (χ1n) is 4.11. The molecule has 0 rings (SSSR count). The average molecular weight is 157 g/mol. The van der Waals surface area contributed by atoms with E-state index in [2.05, 4.69) is 18.8 Å². The normalized spacial score (nSPS) is 12.9. The Balaban J connectivity index is 3.03. The Morgan fingerprint density at radius 3 is 2.91 bits per heavy atom. The summed E-state index contributed by atoms with van der Waals surface area (Å²) >= 11 is 0. The molecule has 2 nitrogen and oxygen atoms in total. The van der Waals surface area contributed by atoms with Crippen molar-refractivity contribution in [2.75, 3.05) is 26.8 Å². The van der Waals surface area contributed by atoms with Crippen molar-refractivity contribution >= 4 is 0 Å². The molecular formula is C9H19NO. The van der Waals surface area contributed by atoms with E-state index in [0.29, 0.717) is 5.92 Å². The van der Waals surface area contributed by atoms with Gasteiger partial charge >= 0.3 is 0 Å². The van der Waals surface area contributed by atoms with Crippen LogP contribution in [0, 0.1) is 5.92 Å². The van der Waals surface area contributed by atoms with Gasteiger partial charge in [0.25, 0.3) is 0 Å². The van der Waals surface area contributed by atoms with Crippen molar-refractivity contribution in [2.45, 2.75) is 13.3 Å². The van der Waals surface area contributed by atoms with Crippen molar-refractivity contribution in [3.8, 4) is 0 Å². The van der Waals surface area contributed by atoms with Gasteiger partial charge in [-0.05, 0) is 25.4 Å². The number of methoxy groups -OCH3 is 1. The monoisotopic (exact) mass is 157 g/mol. The van der Waals surface area contributed by atoms with E-state index < -0.39 is 0 Å². The summed E-state index contributed by atoms with van der Waals surface area (Å²) in [6.45, 7) is 8.71. The number of nitrogens with one attached hydrogen (secondary N) is 1. The summed E-state index contributed by atoms with van der Waals surface area (Å²) < 4.78 is 5.00. The average Bonchev–Trinajstić information content (AvgIpc) is 1.99. The van der Waals surface area contributed by atoms with E-state index in [0.717, 1.165) is 26.1 Å². The first kappa shape index (κ1) is 10.7. The van der Waals surface area contributed by atoms with Crippen molar-refractivity contribution in [3.05, 3.63) is 12.7 Å². The molecule has 0 aliphatic rings. The van der Waals surface area contributed by atoms with Gasteiger partial charge in [0.1, 0.15) is 0 Å². The molecule has 1 unspecified atom stereocenters. The third-order valence-corrected chi connectivity index (χ3v) is 1.47. The van der Waals surface area contributed by atoms with E-state index >= 15 is 0 Å². The maximum absolute atomic E-state index is 5.00. The Kier molecular flexibility index (Phi) is 7.52. The summed E-state index contributed by atoms with van der Waals surface area (Å²) in [4.78, 5) is 0. The molecule has 0 fully saturated rings. The van der Waals surface area contributed by atoms with E-state index in [1.807, 2.05) is 6.08 Å². The third kappa shape index (κ3) is 7.56. The highest BCUT2D eigenvalue weighted by molar-refractivity contribution is 4.67. The van der Waals surface area contributed by atoms with Crippen LogP contribution in [0.25, 0.3) is 0 Å². The van der Waals surface area contributed by atoms with E-state index in [9.17, 15) is 0 Å². The zero-order valence-corrected chi connectivity index (χ0v) is 7.60. The molecule has 0 aromatic heterocycles. The van der Waals surface area contributed by atoms with Gasteiger partial charge in [-0.1, -0.05) is 13.0 Å². The molecule has 0 saturated carbocycles. The molecule has 0 aliphatic carbocycles. The lowest BCUT2D eigenvalue weighted by atomic mass is 10.2. The molecule has 1 atom stereocenters. The Bertz CT molecular complexity index is 93.6. The molecule has 2 heteroatoms. The van der Waals surface area contributed by atoms with Crippen molar-refractivity contribution < 1.29 is 4.74 Å². The molecule has 66 valence electrons. The Morgan fingerprint density at radius 2 is 2.36 bits per heavy atom. The summed E-state index contributed by atoms with van der Waals surface area (Å²) in [7, 11) is 1.74. The lowest BCUT2D eigenvalue weighted by Crippen LogP contribution is -2.24. The van der Waals surface area contributed by atoms with Gasteiger partial charge in [0.15, 0.2) is 0 Å². The van der Waals surface area contributed by atoms with Crippen molar-refractivity contribution in [3.63, 3.8) is 0 Å². The molecule has 11 heavy (non-hydrogen) atoms. The molecule has 0 radical (unpaired) electrons. The molecular weight excluding hydrogens is 138 g/mol. The molecule has 0 aromatic rings. The standard InChI is InChI=1S/C9H19NO/c1-4-5-6-10-7-9(2)8-11-3/h4,9-10H,1,5-8H2,2-3H3. The minimum Gasteiger partial charge on any atom is -0.384 e. The topological polar surface area (TPSA) is 21.3 Å². The fourth-order valence-corrected chi connectivity index (χ4v) is 0.896. The minimum absolute atomic E-state index is 0.602. The van der Waals surface area contributed by atoms with Crippen LogP contribution >= 0.6 is 0 Å². The van der Waals surface area contributed by atoms with Gasteiger partial charge in [-0.2, -0.15) is 0 Å². The van der Waals surface area contributed by atoms with E-state index in [1.165, 1.54) is 0 Å². The zero-order valence-electron chi connectivity index (χ0n) is 7.60. The van der Waals surface area contributed by atoms with E-state index in [1.54, 1.807) is 7.11 Å². The van der Waals surface area contributed by atoms with Crippen LogP contribution in [0.5, 0.6) is 0 Å². The number of ether oxygens (including phenoxy) is 1. The summed E-state index contributed by atoms with van der Waals surface area (Å²) in [5.74, 6) is 0.602. The first-order chi connectivity index (χ1) is 5.31. The third-order valence-electron chi connectivity index (χ3n) is 1.47. The minimum atomic E-state index is 0.602. The zero-order chi connectivity index (χ0) is 8.53. The smallest absolute Gasteiger partial charge is 0.0499 e. The highest BCUT2D eigenvalue weighted by atomic mass is 16.5. The van der Waals surface area contributed by atoms with Crippen molar-refractivity contribution in [2.24, 2.45) is 5.92 Å².